The fraction of sp³-hybridized carbons (Fsp3) is 0.0923. The second-order valence-electron chi connectivity index (χ2n) is 16.9. The lowest BCUT2D eigenvalue weighted by Gasteiger charge is -2.07. The van der Waals surface area contributed by atoms with Crippen molar-refractivity contribution in [2.45, 2.75) is 27.7 Å². The van der Waals surface area contributed by atoms with Crippen molar-refractivity contribution in [1.29, 1.82) is 0 Å². The van der Waals surface area contributed by atoms with Crippen LogP contribution < -0.4 is 18.9 Å². The highest BCUT2D eigenvalue weighted by atomic mass is 16.5. The second-order valence-corrected chi connectivity index (χ2v) is 16.9. The number of methoxy groups -OCH3 is 2. The first-order valence-corrected chi connectivity index (χ1v) is 23.5. The summed E-state index contributed by atoms with van der Waals surface area (Å²) in [6.07, 6.45) is 0. The van der Waals surface area contributed by atoms with Crippen LogP contribution in [0, 0.1) is 20.8 Å². The van der Waals surface area contributed by atoms with E-state index in [4.69, 9.17) is 23.7 Å². The lowest BCUT2D eigenvalue weighted by atomic mass is 9.98. The van der Waals surface area contributed by atoms with Crippen LogP contribution in [0.3, 0.4) is 0 Å². The van der Waals surface area contributed by atoms with Crippen molar-refractivity contribution in [2.75, 3.05) is 14.2 Å². The zero-order chi connectivity index (χ0) is 53.0. The third-order valence-electron chi connectivity index (χ3n) is 11.5. The van der Waals surface area contributed by atoms with Crippen molar-refractivity contribution in [3.8, 4) is 45.6 Å². The molecular formula is C65H56O9. The summed E-state index contributed by atoms with van der Waals surface area (Å²) in [5.74, 6) is 4.36. The Bertz CT molecular complexity index is 3250. The summed E-state index contributed by atoms with van der Waals surface area (Å²) in [7, 11) is 3.25. The first-order chi connectivity index (χ1) is 35.8. The number of Topliss-reactive ketones (excluding diaryl/α,β-unsaturated/α-hetero) is 1. The van der Waals surface area contributed by atoms with Crippen LogP contribution in [0.1, 0.15) is 81.7 Å². The van der Waals surface area contributed by atoms with Gasteiger partial charge in [-0.1, -0.05) is 120 Å². The number of aryl methyl sites for hydroxylation is 3. The van der Waals surface area contributed by atoms with Crippen molar-refractivity contribution in [2.24, 2.45) is 0 Å². The van der Waals surface area contributed by atoms with Gasteiger partial charge in [-0.05, 0) is 154 Å². The zero-order valence-electron chi connectivity index (χ0n) is 42.2. The second kappa shape index (κ2) is 26.7. The molecule has 370 valence electrons. The van der Waals surface area contributed by atoms with Crippen molar-refractivity contribution < 1.29 is 42.9 Å². The van der Waals surface area contributed by atoms with E-state index in [0.717, 1.165) is 39.7 Å². The number of rotatable bonds is 14. The molecule has 0 heterocycles. The number of hydrogen-bond donors (Lipinski definition) is 0. The fourth-order valence-electron chi connectivity index (χ4n) is 7.26. The van der Waals surface area contributed by atoms with Gasteiger partial charge in [0, 0.05) is 38.9 Å². The molecule has 9 aromatic carbocycles. The molecule has 74 heavy (non-hydrogen) atoms. The van der Waals surface area contributed by atoms with Gasteiger partial charge in [-0.2, -0.15) is 0 Å². The molecule has 0 aromatic heterocycles. The van der Waals surface area contributed by atoms with E-state index in [1.807, 2.05) is 149 Å². The van der Waals surface area contributed by atoms with Crippen LogP contribution in [-0.4, -0.2) is 44.1 Å². The maximum Gasteiger partial charge on any atom is 0.193 e. The number of carbonyl (C=O) groups is 5. The number of ketones is 4. The van der Waals surface area contributed by atoms with Crippen molar-refractivity contribution in [3.05, 3.63) is 274 Å². The molecule has 0 amide bonds. The van der Waals surface area contributed by atoms with Gasteiger partial charge in [0.1, 0.15) is 41.3 Å². The third kappa shape index (κ3) is 15.3. The van der Waals surface area contributed by atoms with Crippen LogP contribution in [0.5, 0.6) is 34.5 Å². The van der Waals surface area contributed by atoms with Gasteiger partial charge >= 0.3 is 0 Å². The van der Waals surface area contributed by atoms with Gasteiger partial charge < -0.3 is 23.7 Å². The highest BCUT2D eigenvalue weighted by Crippen LogP contribution is 2.27. The van der Waals surface area contributed by atoms with E-state index < -0.39 is 0 Å². The molecule has 0 unspecified atom stereocenters. The summed E-state index contributed by atoms with van der Waals surface area (Å²) >= 11 is 0. The van der Waals surface area contributed by atoms with Crippen LogP contribution in [-0.2, 0) is 4.79 Å². The number of hydrogen-bond acceptors (Lipinski definition) is 9. The normalized spacial score (nSPS) is 10.1. The monoisotopic (exact) mass is 980 g/mol. The van der Waals surface area contributed by atoms with E-state index >= 15 is 0 Å². The van der Waals surface area contributed by atoms with Gasteiger partial charge in [0.05, 0.1) is 14.2 Å². The van der Waals surface area contributed by atoms with Crippen LogP contribution in [0.15, 0.2) is 218 Å². The topological polar surface area (TPSA) is 122 Å². The van der Waals surface area contributed by atoms with Crippen LogP contribution in [0.2, 0.25) is 0 Å². The van der Waals surface area contributed by atoms with E-state index in [0.29, 0.717) is 50.4 Å². The Balaban J connectivity index is 0.000000178. The van der Waals surface area contributed by atoms with E-state index in [2.05, 4.69) is 0 Å². The maximum atomic E-state index is 12.6. The molecule has 0 fully saturated rings. The van der Waals surface area contributed by atoms with Crippen LogP contribution in [0.4, 0.5) is 0 Å². The average Bonchev–Trinajstić information content (AvgIpc) is 3.45. The Kier molecular flexibility index (Phi) is 19.4. The summed E-state index contributed by atoms with van der Waals surface area (Å²) in [5, 5.41) is 0. The fourth-order valence-corrected chi connectivity index (χ4v) is 7.26. The average molecular weight is 981 g/mol. The van der Waals surface area contributed by atoms with Crippen LogP contribution in [0.25, 0.3) is 11.1 Å². The standard InChI is InChI=1S/C22H18O3.C21H18O3.C21H18O2.CH2O/c1-15-3-11-20(12-4-15)25-21-13-9-19(10-14-21)22(24)18-7-5-17(6-8-18)16(2)23;1-15-3-9-19(10-4-15)24-20-13-7-17(8-14-20)21(22)16-5-11-18(23-2)12-6-16;1-15-6-8-17(9-7-15)21(22)19-5-3-4-18(14-19)16-10-12-20(23-2)13-11-16;1-2/h3-14H,1-2H3;3-14H,1-2H3;3-14H,1-2H3;1H2. The first-order valence-electron chi connectivity index (χ1n) is 23.5. The van der Waals surface area contributed by atoms with Gasteiger partial charge in [-0.3, -0.25) is 19.2 Å². The molecule has 0 saturated heterocycles. The molecule has 0 radical (unpaired) electrons. The highest BCUT2D eigenvalue weighted by molar-refractivity contribution is 6.10. The quantitative estimate of drug-likeness (QED) is 0.0980. The minimum absolute atomic E-state index is 0.0170. The lowest BCUT2D eigenvalue weighted by Crippen LogP contribution is -2.02. The van der Waals surface area contributed by atoms with E-state index in [1.54, 1.807) is 111 Å². The molecule has 9 nitrogen and oxygen atoms in total. The first kappa shape index (κ1) is 53.9. The highest BCUT2D eigenvalue weighted by Gasteiger charge is 2.13. The van der Waals surface area contributed by atoms with Gasteiger partial charge in [0.15, 0.2) is 23.1 Å². The summed E-state index contributed by atoms with van der Waals surface area (Å²) in [6, 6.07) is 66.8. The minimum Gasteiger partial charge on any atom is -0.497 e. The summed E-state index contributed by atoms with van der Waals surface area (Å²) in [5.41, 5.74) is 9.96. The molecule has 0 aliphatic carbocycles. The number of benzene rings is 9. The Morgan fingerprint density at radius 2 is 0.581 bits per heavy atom. The van der Waals surface area contributed by atoms with E-state index in [-0.39, 0.29) is 23.1 Å². The minimum atomic E-state index is -0.0861. The molecule has 9 aromatic rings. The van der Waals surface area contributed by atoms with Gasteiger partial charge in [-0.25, -0.2) is 0 Å². The predicted octanol–water partition coefficient (Wildman–Crippen LogP) is 15.0. The van der Waals surface area contributed by atoms with Crippen LogP contribution >= 0.6 is 0 Å². The molecule has 0 spiro atoms. The number of ether oxygens (including phenoxy) is 4. The predicted molar refractivity (Wildman–Crippen MR) is 292 cm³/mol. The third-order valence-corrected chi connectivity index (χ3v) is 11.5. The smallest absolute Gasteiger partial charge is 0.193 e. The Morgan fingerprint density at radius 3 is 0.932 bits per heavy atom. The zero-order valence-corrected chi connectivity index (χ0v) is 42.2. The van der Waals surface area contributed by atoms with Crippen molar-refractivity contribution >= 4 is 29.9 Å². The Hall–Kier alpha value is -9.47. The molecule has 0 aliphatic heterocycles. The molecule has 0 bridgehead atoms. The molecule has 0 saturated carbocycles. The molecular weight excluding hydrogens is 925 g/mol. The van der Waals surface area contributed by atoms with Gasteiger partial charge in [0.2, 0.25) is 0 Å². The number of carbonyl (C=O) groups excluding carboxylic acids is 5. The van der Waals surface area contributed by atoms with Gasteiger partial charge in [-0.15, -0.1) is 0 Å². The van der Waals surface area contributed by atoms with Crippen molar-refractivity contribution in [3.63, 3.8) is 0 Å². The molecule has 0 atom stereocenters. The molecule has 0 aliphatic rings. The molecule has 9 heteroatoms. The van der Waals surface area contributed by atoms with Gasteiger partial charge in [0.25, 0.3) is 0 Å². The SMILES string of the molecule is C=O.CC(=O)c1ccc(C(=O)c2ccc(Oc3ccc(C)cc3)cc2)cc1.COc1ccc(-c2cccc(C(=O)c3ccc(C)cc3)c2)cc1.COc1ccc(C(=O)c2ccc(Oc3ccc(C)cc3)cc2)cc1. The summed E-state index contributed by atoms with van der Waals surface area (Å²) in [4.78, 5) is 56.9. The lowest BCUT2D eigenvalue weighted by molar-refractivity contribution is -0.0980. The summed E-state index contributed by atoms with van der Waals surface area (Å²) in [6.45, 7) is 9.57. The van der Waals surface area contributed by atoms with E-state index in [1.165, 1.54) is 18.1 Å². The molecule has 9 rings (SSSR count). The molecule has 0 N–H and O–H groups in total. The largest absolute Gasteiger partial charge is 0.497 e. The summed E-state index contributed by atoms with van der Waals surface area (Å²) < 4.78 is 21.8. The Morgan fingerprint density at radius 1 is 0.311 bits per heavy atom. The maximum absolute atomic E-state index is 12.6. The Labute approximate surface area is 432 Å². The van der Waals surface area contributed by atoms with Crippen molar-refractivity contribution in [1.82, 2.24) is 0 Å². The van der Waals surface area contributed by atoms with E-state index in [9.17, 15) is 19.2 Å².